The summed E-state index contributed by atoms with van der Waals surface area (Å²) in [7, 11) is 1.93. The van der Waals surface area contributed by atoms with Crippen molar-refractivity contribution in [2.75, 3.05) is 11.9 Å². The van der Waals surface area contributed by atoms with Crippen molar-refractivity contribution in [1.29, 1.82) is 5.26 Å². The molecular formula is C14H12ClN3. The second-order valence-corrected chi connectivity index (χ2v) is 4.10. The number of benzene rings is 1. The number of anilines is 2. The van der Waals surface area contributed by atoms with E-state index < -0.39 is 0 Å². The highest BCUT2D eigenvalue weighted by Crippen LogP contribution is 2.25. The van der Waals surface area contributed by atoms with Crippen LogP contribution < -0.4 is 4.90 Å². The lowest BCUT2D eigenvalue weighted by Crippen LogP contribution is -2.13. The number of halogens is 1. The molecule has 1 aromatic carbocycles. The van der Waals surface area contributed by atoms with Crippen LogP contribution in [0.3, 0.4) is 0 Å². The molecule has 0 aliphatic heterocycles. The van der Waals surface area contributed by atoms with Crippen LogP contribution in [-0.4, -0.2) is 12.0 Å². The molecule has 4 heteroatoms. The van der Waals surface area contributed by atoms with Crippen molar-refractivity contribution < 1.29 is 0 Å². The van der Waals surface area contributed by atoms with Crippen molar-refractivity contribution in [3.8, 4) is 6.07 Å². The Morgan fingerprint density at radius 3 is 2.61 bits per heavy atom. The van der Waals surface area contributed by atoms with Crippen molar-refractivity contribution in [1.82, 2.24) is 4.98 Å². The number of hydrogen-bond donors (Lipinski definition) is 0. The lowest BCUT2D eigenvalue weighted by atomic mass is 10.2. The van der Waals surface area contributed by atoms with Gasteiger partial charge in [0, 0.05) is 24.5 Å². The highest BCUT2D eigenvalue weighted by molar-refractivity contribution is 6.17. The largest absolute Gasteiger partial charge is 0.329 e. The Balaban J connectivity index is 2.35. The van der Waals surface area contributed by atoms with Crippen LogP contribution in [-0.2, 0) is 5.88 Å². The van der Waals surface area contributed by atoms with Gasteiger partial charge in [0.25, 0.3) is 0 Å². The zero-order valence-corrected chi connectivity index (χ0v) is 10.7. The maximum absolute atomic E-state index is 8.77. The highest BCUT2D eigenvalue weighted by Gasteiger charge is 2.09. The first-order valence-electron chi connectivity index (χ1n) is 5.50. The molecule has 0 saturated carbocycles. The summed E-state index contributed by atoms with van der Waals surface area (Å²) >= 11 is 5.90. The first kappa shape index (κ1) is 12.4. The summed E-state index contributed by atoms with van der Waals surface area (Å²) in [6.07, 6.45) is 1.74. The summed E-state index contributed by atoms with van der Waals surface area (Å²) in [6, 6.07) is 13.3. The van der Waals surface area contributed by atoms with Gasteiger partial charge in [0.15, 0.2) is 0 Å². The van der Waals surface area contributed by atoms with E-state index in [1.54, 1.807) is 18.3 Å². The minimum Gasteiger partial charge on any atom is -0.329 e. The van der Waals surface area contributed by atoms with Crippen LogP contribution in [0.25, 0.3) is 0 Å². The minimum absolute atomic E-state index is 0.420. The SMILES string of the molecule is CN(c1ccc(C#N)cc1)c1ncccc1CCl. The fourth-order valence-corrected chi connectivity index (χ4v) is 1.93. The van der Waals surface area contributed by atoms with Gasteiger partial charge in [-0.2, -0.15) is 5.26 Å². The highest BCUT2D eigenvalue weighted by atomic mass is 35.5. The molecule has 0 saturated heterocycles. The first-order valence-corrected chi connectivity index (χ1v) is 6.03. The number of aromatic nitrogens is 1. The van der Waals surface area contributed by atoms with E-state index in [1.807, 2.05) is 36.2 Å². The summed E-state index contributed by atoms with van der Waals surface area (Å²) in [6.45, 7) is 0. The molecule has 0 unspecified atom stereocenters. The average molecular weight is 258 g/mol. The molecule has 2 rings (SSSR count). The predicted molar refractivity (Wildman–Crippen MR) is 73.0 cm³/mol. The van der Waals surface area contributed by atoms with E-state index in [4.69, 9.17) is 16.9 Å². The molecule has 90 valence electrons. The van der Waals surface area contributed by atoms with Gasteiger partial charge >= 0.3 is 0 Å². The van der Waals surface area contributed by atoms with E-state index in [1.165, 1.54) is 0 Å². The zero-order chi connectivity index (χ0) is 13.0. The molecule has 3 nitrogen and oxygen atoms in total. The van der Waals surface area contributed by atoms with E-state index in [0.717, 1.165) is 17.1 Å². The summed E-state index contributed by atoms with van der Waals surface area (Å²) in [5, 5.41) is 8.77. The second-order valence-electron chi connectivity index (χ2n) is 3.84. The number of alkyl halides is 1. The van der Waals surface area contributed by atoms with Gasteiger partial charge in [-0.1, -0.05) is 6.07 Å². The topological polar surface area (TPSA) is 39.9 Å². The second kappa shape index (κ2) is 5.52. The summed E-state index contributed by atoms with van der Waals surface area (Å²) < 4.78 is 0. The van der Waals surface area contributed by atoms with Gasteiger partial charge in [-0.15, -0.1) is 11.6 Å². The third-order valence-corrected chi connectivity index (χ3v) is 3.00. The van der Waals surface area contributed by atoms with Crippen molar-refractivity contribution in [3.63, 3.8) is 0 Å². The maximum Gasteiger partial charge on any atom is 0.137 e. The van der Waals surface area contributed by atoms with Crippen molar-refractivity contribution in [2.45, 2.75) is 5.88 Å². The number of hydrogen-bond acceptors (Lipinski definition) is 3. The Morgan fingerprint density at radius 1 is 1.28 bits per heavy atom. The fourth-order valence-electron chi connectivity index (χ4n) is 1.72. The molecule has 0 aliphatic rings. The molecule has 0 spiro atoms. The normalized spacial score (nSPS) is 9.83. The number of nitriles is 1. The molecule has 0 atom stereocenters. The Bertz CT molecular complexity index is 572. The standard InChI is InChI=1S/C14H12ClN3/c1-18(13-6-4-11(10-16)5-7-13)14-12(9-15)3-2-8-17-14/h2-8H,9H2,1H3. The molecular weight excluding hydrogens is 246 g/mol. The average Bonchev–Trinajstić information content (AvgIpc) is 2.46. The van der Waals surface area contributed by atoms with Crippen LogP contribution in [0, 0.1) is 11.3 Å². The van der Waals surface area contributed by atoms with Gasteiger partial charge in [-0.3, -0.25) is 0 Å². The molecule has 1 heterocycles. The van der Waals surface area contributed by atoms with Crippen LogP contribution in [0.4, 0.5) is 11.5 Å². The molecule has 0 fully saturated rings. The molecule has 1 aromatic heterocycles. The molecule has 0 amide bonds. The summed E-state index contributed by atoms with van der Waals surface area (Å²) in [5.41, 5.74) is 2.59. The van der Waals surface area contributed by atoms with E-state index in [9.17, 15) is 0 Å². The Morgan fingerprint density at radius 2 is 2.00 bits per heavy atom. The van der Waals surface area contributed by atoms with Crippen LogP contribution in [0.5, 0.6) is 0 Å². The van der Waals surface area contributed by atoms with Gasteiger partial charge < -0.3 is 4.90 Å². The van der Waals surface area contributed by atoms with Gasteiger partial charge in [0.05, 0.1) is 17.5 Å². The number of nitrogens with zero attached hydrogens (tertiary/aromatic N) is 3. The van der Waals surface area contributed by atoms with Crippen LogP contribution in [0.15, 0.2) is 42.6 Å². The zero-order valence-electron chi connectivity index (χ0n) is 9.97. The third-order valence-electron chi connectivity index (χ3n) is 2.71. The summed E-state index contributed by atoms with van der Waals surface area (Å²) in [5.74, 6) is 1.25. The maximum atomic E-state index is 8.77. The van der Waals surface area contributed by atoms with Crippen molar-refractivity contribution >= 4 is 23.1 Å². The van der Waals surface area contributed by atoms with Gasteiger partial charge in [-0.05, 0) is 30.3 Å². The smallest absolute Gasteiger partial charge is 0.137 e. The van der Waals surface area contributed by atoms with E-state index in [0.29, 0.717) is 11.4 Å². The molecule has 18 heavy (non-hydrogen) atoms. The Kier molecular flexibility index (Phi) is 3.81. The minimum atomic E-state index is 0.420. The molecule has 0 N–H and O–H groups in total. The van der Waals surface area contributed by atoms with Crippen LogP contribution in [0.1, 0.15) is 11.1 Å². The Labute approximate surface area is 111 Å². The monoisotopic (exact) mass is 257 g/mol. The summed E-state index contributed by atoms with van der Waals surface area (Å²) in [4.78, 5) is 6.30. The molecule has 0 bridgehead atoms. The van der Waals surface area contributed by atoms with Crippen molar-refractivity contribution in [3.05, 3.63) is 53.7 Å². The first-order chi connectivity index (χ1) is 8.76. The van der Waals surface area contributed by atoms with E-state index in [-0.39, 0.29) is 0 Å². The Hall–Kier alpha value is -2.05. The lowest BCUT2D eigenvalue weighted by Gasteiger charge is -2.20. The van der Waals surface area contributed by atoms with Crippen molar-refractivity contribution in [2.24, 2.45) is 0 Å². The number of pyridine rings is 1. The van der Waals surface area contributed by atoms with Gasteiger partial charge in [-0.25, -0.2) is 4.98 Å². The third kappa shape index (κ3) is 2.44. The lowest BCUT2D eigenvalue weighted by molar-refractivity contribution is 1.09. The predicted octanol–water partition coefficient (Wildman–Crippen LogP) is 3.46. The van der Waals surface area contributed by atoms with Crippen LogP contribution >= 0.6 is 11.6 Å². The van der Waals surface area contributed by atoms with Gasteiger partial charge in [0.1, 0.15) is 5.82 Å². The fraction of sp³-hybridized carbons (Fsp3) is 0.143. The molecule has 0 radical (unpaired) electrons. The molecule has 2 aromatic rings. The quantitative estimate of drug-likeness (QED) is 0.791. The van der Waals surface area contributed by atoms with E-state index >= 15 is 0 Å². The van der Waals surface area contributed by atoms with Crippen LogP contribution in [0.2, 0.25) is 0 Å². The number of rotatable bonds is 3. The molecule has 0 aliphatic carbocycles. The van der Waals surface area contributed by atoms with Gasteiger partial charge in [0.2, 0.25) is 0 Å². The van der Waals surface area contributed by atoms with E-state index in [2.05, 4.69) is 11.1 Å².